The number of nitrogens with one attached hydrogen (secondary N) is 2. The molecule has 3 heterocycles. The Morgan fingerprint density at radius 2 is 1.94 bits per heavy atom. The Morgan fingerprint density at radius 1 is 1.24 bits per heavy atom. The number of amides is 1. The summed E-state index contributed by atoms with van der Waals surface area (Å²) >= 11 is 6.00. The van der Waals surface area contributed by atoms with Gasteiger partial charge in [0.2, 0.25) is 0 Å². The molecule has 0 aliphatic heterocycles. The van der Waals surface area contributed by atoms with Gasteiger partial charge in [0.1, 0.15) is 29.7 Å². The topological polar surface area (TPSA) is 93.4 Å². The highest BCUT2D eigenvalue weighted by Crippen LogP contribution is 2.27. The molecule has 1 amide bonds. The van der Waals surface area contributed by atoms with E-state index in [0.717, 1.165) is 0 Å². The van der Waals surface area contributed by atoms with Crippen molar-refractivity contribution in [1.29, 1.82) is 0 Å². The summed E-state index contributed by atoms with van der Waals surface area (Å²) in [5, 5.41) is 10.2. The predicted molar refractivity (Wildman–Crippen MR) is 141 cm³/mol. The third kappa shape index (κ3) is 6.30. The number of carbonyl (C=O) groups excluding carboxylic acids is 1. The lowest BCUT2D eigenvalue weighted by Gasteiger charge is -2.36. The average molecular weight is 484 g/mol. The van der Waals surface area contributed by atoms with Crippen molar-refractivity contribution >= 4 is 52.4 Å². The second-order valence-corrected chi connectivity index (χ2v) is 10.4. The number of hydrogen-bond donors (Lipinski definition) is 2. The Hall–Kier alpha value is -2.59. The van der Waals surface area contributed by atoms with Crippen LogP contribution in [0.2, 0.25) is 5.02 Å². The van der Waals surface area contributed by atoms with Gasteiger partial charge in [-0.1, -0.05) is 11.6 Å². The van der Waals surface area contributed by atoms with E-state index in [2.05, 4.69) is 25.7 Å². The summed E-state index contributed by atoms with van der Waals surface area (Å²) in [6, 6.07) is 1.82. The molecule has 0 fully saturated rings. The lowest BCUT2D eigenvalue weighted by molar-refractivity contribution is -0.0753. The molecule has 0 radical (unpaired) electrons. The maximum atomic E-state index is 14.9. The molecular weight excluding hydrogens is 455 g/mol. The SMILES string of the molecule is BC(B)(B)OC(C)(C)[C@H](F)CNC(=O)c1cnc(-c2cnn3cc(Cl)cnc23)cc1NC(C)C. The van der Waals surface area contributed by atoms with Crippen molar-refractivity contribution in [2.75, 3.05) is 11.9 Å². The van der Waals surface area contributed by atoms with Crippen molar-refractivity contribution in [3.05, 3.63) is 41.4 Å². The van der Waals surface area contributed by atoms with E-state index in [9.17, 15) is 9.18 Å². The zero-order chi connectivity index (χ0) is 25.3. The summed E-state index contributed by atoms with van der Waals surface area (Å²) < 4.78 is 22.3. The van der Waals surface area contributed by atoms with Gasteiger partial charge >= 0.3 is 0 Å². The lowest BCUT2D eigenvalue weighted by atomic mass is 9.52. The Labute approximate surface area is 206 Å². The van der Waals surface area contributed by atoms with Crippen LogP contribution in [-0.2, 0) is 4.74 Å². The third-order valence-electron chi connectivity index (χ3n) is 4.96. The predicted octanol–water partition coefficient (Wildman–Crippen LogP) is 0.639. The summed E-state index contributed by atoms with van der Waals surface area (Å²) in [5.41, 5.74) is 1.70. The molecule has 1 atom stereocenters. The standard InChI is InChI=1S/C21H29B3ClFN6O2/c1-11(2)31-16-5-15(13-8-30-32-10-12(25)6-28-18(13)32)27-7-14(16)19(33)29-9-17(26)20(3,4)34-21(22,23)24/h5-8,10-11,17H,9,22-24H2,1-4H3,(H,27,31)(H,29,33)/t17-/m1/s1. The first-order chi connectivity index (χ1) is 15.8. The number of halogens is 2. The quantitative estimate of drug-likeness (QED) is 0.433. The van der Waals surface area contributed by atoms with Crippen molar-refractivity contribution in [2.45, 2.75) is 50.8 Å². The average Bonchev–Trinajstić information content (AvgIpc) is 3.12. The van der Waals surface area contributed by atoms with Crippen molar-refractivity contribution < 1.29 is 13.9 Å². The number of rotatable bonds is 9. The fourth-order valence-electron chi connectivity index (χ4n) is 3.62. The van der Waals surface area contributed by atoms with E-state index in [0.29, 0.717) is 33.2 Å². The van der Waals surface area contributed by atoms with E-state index in [-0.39, 0.29) is 12.6 Å². The van der Waals surface area contributed by atoms with Gasteiger partial charge in [-0.3, -0.25) is 9.78 Å². The zero-order valence-corrected chi connectivity index (χ0v) is 21.4. The smallest absolute Gasteiger partial charge is 0.255 e. The number of nitrogens with zero attached hydrogens (tertiary/aromatic N) is 4. The summed E-state index contributed by atoms with van der Waals surface area (Å²) in [6.45, 7) is 7.09. The summed E-state index contributed by atoms with van der Waals surface area (Å²) in [5.74, 6) is -0.429. The molecule has 3 aromatic rings. The maximum absolute atomic E-state index is 14.9. The van der Waals surface area contributed by atoms with Gasteiger partial charge < -0.3 is 15.4 Å². The van der Waals surface area contributed by atoms with Crippen molar-refractivity contribution in [2.24, 2.45) is 0 Å². The Bertz CT molecular complexity index is 1190. The second kappa shape index (κ2) is 9.95. The lowest BCUT2D eigenvalue weighted by Crippen LogP contribution is -2.51. The number of ether oxygens (including phenoxy) is 1. The summed E-state index contributed by atoms with van der Waals surface area (Å²) in [6.07, 6.45) is 4.90. The van der Waals surface area contributed by atoms with Crippen LogP contribution in [0.5, 0.6) is 0 Å². The van der Waals surface area contributed by atoms with E-state index in [1.807, 2.05) is 37.4 Å². The van der Waals surface area contributed by atoms with Gasteiger partial charge in [0.15, 0.2) is 5.65 Å². The van der Waals surface area contributed by atoms with Crippen LogP contribution >= 0.6 is 11.6 Å². The zero-order valence-electron chi connectivity index (χ0n) is 20.6. The number of hydrogen-bond acceptors (Lipinski definition) is 6. The second-order valence-electron chi connectivity index (χ2n) is 10.0. The van der Waals surface area contributed by atoms with Crippen LogP contribution in [0.3, 0.4) is 0 Å². The number of aromatic nitrogens is 4. The molecule has 3 aromatic heterocycles. The highest BCUT2D eigenvalue weighted by atomic mass is 35.5. The fourth-order valence-corrected chi connectivity index (χ4v) is 3.76. The van der Waals surface area contributed by atoms with Gasteiger partial charge in [-0.2, -0.15) is 5.10 Å². The Morgan fingerprint density at radius 3 is 2.59 bits per heavy atom. The molecule has 13 heteroatoms. The minimum absolute atomic E-state index is 0.0516. The molecule has 34 heavy (non-hydrogen) atoms. The van der Waals surface area contributed by atoms with Gasteiger partial charge in [-0.05, 0) is 39.1 Å². The molecule has 0 aliphatic carbocycles. The van der Waals surface area contributed by atoms with Crippen LogP contribution in [-0.4, -0.2) is 78.7 Å². The molecular formula is C21H29B3ClFN6O2. The van der Waals surface area contributed by atoms with Crippen LogP contribution in [0.25, 0.3) is 16.9 Å². The molecule has 2 N–H and O–H groups in total. The maximum Gasteiger partial charge on any atom is 0.255 e. The summed E-state index contributed by atoms with van der Waals surface area (Å²) in [7, 11) is 5.60. The minimum atomic E-state index is -1.40. The number of pyridine rings is 1. The van der Waals surface area contributed by atoms with Gasteiger partial charge in [-0.25, -0.2) is 13.9 Å². The van der Waals surface area contributed by atoms with Gasteiger partial charge in [0.25, 0.3) is 5.91 Å². The minimum Gasteiger partial charge on any atom is -0.392 e. The van der Waals surface area contributed by atoms with Crippen molar-refractivity contribution in [3.8, 4) is 11.3 Å². The monoisotopic (exact) mass is 484 g/mol. The molecule has 0 saturated heterocycles. The molecule has 0 unspecified atom stereocenters. The summed E-state index contributed by atoms with van der Waals surface area (Å²) in [4.78, 5) is 21.8. The van der Waals surface area contributed by atoms with Crippen molar-refractivity contribution in [3.63, 3.8) is 0 Å². The number of alkyl halides is 1. The van der Waals surface area contributed by atoms with E-state index in [4.69, 9.17) is 16.3 Å². The van der Waals surface area contributed by atoms with Crippen LogP contribution in [0.15, 0.2) is 30.9 Å². The van der Waals surface area contributed by atoms with Crippen LogP contribution in [0.4, 0.5) is 10.1 Å². The van der Waals surface area contributed by atoms with Gasteiger partial charge in [0.05, 0.1) is 52.1 Å². The number of anilines is 1. The van der Waals surface area contributed by atoms with Gasteiger partial charge in [-0.15, -0.1) is 0 Å². The van der Waals surface area contributed by atoms with E-state index < -0.39 is 23.0 Å². The van der Waals surface area contributed by atoms with Crippen molar-refractivity contribution in [1.82, 2.24) is 24.9 Å². The molecule has 3 rings (SSSR count). The number of fused-ring (bicyclic) bond motifs is 1. The van der Waals surface area contributed by atoms with Crippen LogP contribution in [0.1, 0.15) is 38.1 Å². The molecule has 0 bridgehead atoms. The first-order valence-electron chi connectivity index (χ1n) is 11.1. The first kappa shape index (κ1) is 26.0. The number of carbonyl (C=O) groups is 1. The van der Waals surface area contributed by atoms with Gasteiger partial charge in [0, 0.05) is 18.4 Å². The van der Waals surface area contributed by atoms with Crippen LogP contribution in [0, 0.1) is 0 Å². The largest absolute Gasteiger partial charge is 0.392 e. The Balaban J connectivity index is 1.84. The molecule has 0 aromatic carbocycles. The highest BCUT2D eigenvalue weighted by molar-refractivity contribution is 6.58. The molecule has 8 nitrogen and oxygen atoms in total. The fraction of sp³-hybridized carbons (Fsp3) is 0.429. The Kier molecular flexibility index (Phi) is 7.62. The first-order valence-corrected chi connectivity index (χ1v) is 11.5. The van der Waals surface area contributed by atoms with E-state index >= 15 is 0 Å². The molecule has 178 valence electrons. The molecule has 0 spiro atoms. The highest BCUT2D eigenvalue weighted by Gasteiger charge is 2.34. The van der Waals surface area contributed by atoms with E-state index in [1.54, 1.807) is 36.8 Å². The third-order valence-corrected chi connectivity index (χ3v) is 5.15. The normalized spacial score (nSPS) is 13.3. The van der Waals surface area contributed by atoms with Crippen LogP contribution < -0.4 is 10.6 Å². The van der Waals surface area contributed by atoms with E-state index in [1.165, 1.54) is 12.4 Å². The molecule has 0 saturated carbocycles. The molecule has 0 aliphatic rings.